The van der Waals surface area contributed by atoms with Crippen molar-refractivity contribution < 1.29 is 19.2 Å². The van der Waals surface area contributed by atoms with E-state index >= 15 is 0 Å². The molecule has 6 aliphatic heterocycles. The van der Waals surface area contributed by atoms with Crippen LogP contribution in [0.5, 0.6) is 0 Å². The molecule has 1 unspecified atom stereocenters. The summed E-state index contributed by atoms with van der Waals surface area (Å²) in [6.45, 7) is 5.70. The van der Waals surface area contributed by atoms with Crippen LogP contribution in [-0.4, -0.2) is 151 Å². The second-order valence-corrected chi connectivity index (χ2v) is 16.8. The van der Waals surface area contributed by atoms with Gasteiger partial charge in [-0.1, -0.05) is 20.9 Å². The lowest BCUT2D eigenvalue weighted by molar-refractivity contribution is -0.136. The van der Waals surface area contributed by atoms with Crippen LogP contribution in [0, 0.1) is 0 Å². The monoisotopic (exact) mass is 830 g/mol. The Morgan fingerprint density at radius 2 is 0.800 bits per heavy atom. The van der Waals surface area contributed by atoms with E-state index in [9.17, 15) is 19.2 Å². The number of aromatic nitrogens is 9. The molecule has 9 rings (SSSR count). The van der Waals surface area contributed by atoms with Crippen molar-refractivity contribution in [2.75, 3.05) is 65.4 Å². The molecule has 3 aromatic rings. The van der Waals surface area contributed by atoms with Gasteiger partial charge in [-0.05, 0) is 104 Å². The molecule has 0 aromatic carbocycles. The van der Waals surface area contributed by atoms with Crippen molar-refractivity contribution in [1.82, 2.24) is 92.5 Å². The zero-order valence-corrected chi connectivity index (χ0v) is 33.7. The summed E-state index contributed by atoms with van der Waals surface area (Å²) < 4.78 is 4.85. The van der Waals surface area contributed by atoms with Gasteiger partial charge in [0.15, 0.2) is 0 Å². The molecule has 6 aliphatic rings. The molecular weight excluding hydrogens is 777 g/mol. The van der Waals surface area contributed by atoms with Crippen molar-refractivity contribution in [2.24, 2.45) is 10.3 Å². The van der Waals surface area contributed by atoms with Crippen molar-refractivity contribution in [3.05, 3.63) is 35.7 Å². The first-order valence-corrected chi connectivity index (χ1v) is 21.1. The zero-order chi connectivity index (χ0) is 41.2. The van der Waals surface area contributed by atoms with Crippen molar-refractivity contribution in [2.45, 2.75) is 99.2 Å². The summed E-state index contributed by atoms with van der Waals surface area (Å²) in [5.74, 6) is -0.874. The van der Waals surface area contributed by atoms with Crippen LogP contribution in [0.2, 0.25) is 0 Å². The summed E-state index contributed by atoms with van der Waals surface area (Å²) in [5.41, 5.74) is -2.51. The SMILES string of the molecule is O=C1NCc2cn(nn2)C2(CCNCC2)C(=O)NCc2cn(nn2)C2(CCNCC2)C(=O)NCc2cn(nn2)C2(CCNCC2)C(=O)NCC2CN(N=N2)C12CCNCC2. The van der Waals surface area contributed by atoms with E-state index in [2.05, 4.69) is 83.8 Å². The van der Waals surface area contributed by atoms with Gasteiger partial charge in [-0.25, -0.2) is 14.0 Å². The lowest BCUT2D eigenvalue weighted by Crippen LogP contribution is -2.61. The Bertz CT molecular complexity index is 2070. The van der Waals surface area contributed by atoms with Gasteiger partial charge in [-0.3, -0.25) is 24.2 Å². The lowest BCUT2D eigenvalue weighted by atomic mass is 9.86. The number of hydrogen-bond acceptors (Lipinski definition) is 17. The zero-order valence-electron chi connectivity index (χ0n) is 33.7. The molecule has 60 heavy (non-hydrogen) atoms. The molecule has 0 aliphatic carbocycles. The Kier molecular flexibility index (Phi) is 11.0. The molecule has 24 heteroatoms. The van der Waals surface area contributed by atoms with E-state index in [0.29, 0.717) is 127 Å². The normalized spacial score (nSPS) is 25.9. The highest BCUT2D eigenvalue weighted by molar-refractivity contribution is 5.87. The lowest BCUT2D eigenvalue weighted by Gasteiger charge is -2.41. The predicted molar refractivity (Wildman–Crippen MR) is 209 cm³/mol. The van der Waals surface area contributed by atoms with E-state index in [1.54, 1.807) is 37.6 Å². The van der Waals surface area contributed by atoms with Crippen molar-refractivity contribution in [1.29, 1.82) is 0 Å². The summed E-state index contributed by atoms with van der Waals surface area (Å²) in [6.07, 6.45) is 9.07. The molecule has 24 nitrogen and oxygen atoms in total. The van der Waals surface area contributed by atoms with Gasteiger partial charge in [0, 0.05) is 6.54 Å². The molecule has 8 N–H and O–H groups in total. The fourth-order valence-electron chi connectivity index (χ4n) is 9.57. The van der Waals surface area contributed by atoms with E-state index in [4.69, 9.17) is 0 Å². The molecule has 4 amide bonds. The number of rotatable bonds is 0. The number of carbonyl (C=O) groups is 4. The molecule has 4 spiro atoms. The van der Waals surface area contributed by atoms with E-state index < -0.39 is 22.2 Å². The standard InChI is InChI=1S/C36H54N20O4/c57-29-33(1-9-37-10-2-33)53-21-25(45-49-53)18-42-30(58)34(3-11-38-12-4-34)55-23-27(47-51-55)20-44-32(60)36(7-15-40-16-8-36)56-24-28(48-52-56)19-43-31(59)35(5-13-39-14-6-35)54-22-26(17-41-29)46-50-54/h21-23,28,37-40H,1-20,24H2,(H,41,57)(H,42,58)(H,43,59)(H,44,60). The maximum atomic E-state index is 14.2. The predicted octanol–water partition coefficient (Wildman–Crippen LogP) is -3.75. The highest BCUT2D eigenvalue weighted by atomic mass is 16.2. The second kappa shape index (κ2) is 16.5. The Labute approximate surface area is 345 Å². The number of nitrogens with zero attached hydrogens (tertiary/aromatic N) is 12. The summed E-state index contributed by atoms with van der Waals surface area (Å²) in [6, 6.07) is -0.378. The third-order valence-corrected chi connectivity index (χ3v) is 13.3. The van der Waals surface area contributed by atoms with Crippen LogP contribution in [-0.2, 0) is 55.4 Å². The average molecular weight is 831 g/mol. The Morgan fingerprint density at radius 3 is 1.18 bits per heavy atom. The van der Waals surface area contributed by atoms with Crippen LogP contribution in [0.1, 0.15) is 68.4 Å². The Balaban J connectivity index is 1.01. The van der Waals surface area contributed by atoms with Crippen LogP contribution in [0.25, 0.3) is 0 Å². The van der Waals surface area contributed by atoms with Gasteiger partial charge in [0.05, 0.1) is 44.8 Å². The maximum Gasteiger partial charge on any atom is 0.248 e. The molecule has 1 atom stereocenters. The van der Waals surface area contributed by atoms with Gasteiger partial charge >= 0.3 is 0 Å². The van der Waals surface area contributed by atoms with Crippen molar-refractivity contribution >= 4 is 23.6 Å². The molecule has 4 fully saturated rings. The Hall–Kier alpha value is -5.46. The summed E-state index contributed by atoms with van der Waals surface area (Å²) in [5, 5.41) is 62.9. The molecule has 0 saturated carbocycles. The quantitative estimate of drug-likeness (QED) is 0.108. The highest BCUT2D eigenvalue weighted by Gasteiger charge is 2.49. The van der Waals surface area contributed by atoms with Crippen LogP contribution in [0.15, 0.2) is 28.9 Å². The number of piperidine rings is 4. The summed E-state index contributed by atoms with van der Waals surface area (Å²) >= 11 is 0. The summed E-state index contributed by atoms with van der Waals surface area (Å²) in [7, 11) is 0. The molecule has 8 bridgehead atoms. The molecule has 322 valence electrons. The van der Waals surface area contributed by atoms with E-state index in [0.717, 1.165) is 0 Å². The fraction of sp³-hybridized carbons (Fsp3) is 0.722. The smallest absolute Gasteiger partial charge is 0.248 e. The van der Waals surface area contributed by atoms with E-state index in [1.807, 2.05) is 0 Å². The first kappa shape index (κ1) is 40.0. The highest BCUT2D eigenvalue weighted by Crippen LogP contribution is 2.33. The number of amides is 4. The van der Waals surface area contributed by atoms with Crippen LogP contribution in [0.3, 0.4) is 0 Å². The number of fused-ring (bicyclic) bond motifs is 12. The minimum Gasteiger partial charge on any atom is -0.352 e. The van der Waals surface area contributed by atoms with E-state index in [1.165, 1.54) is 0 Å². The summed E-state index contributed by atoms with van der Waals surface area (Å²) in [4.78, 5) is 56.7. The van der Waals surface area contributed by atoms with Crippen molar-refractivity contribution in [3.8, 4) is 0 Å². The third-order valence-electron chi connectivity index (χ3n) is 13.3. The largest absolute Gasteiger partial charge is 0.352 e. The second-order valence-electron chi connectivity index (χ2n) is 16.8. The van der Waals surface area contributed by atoms with Gasteiger partial charge in [0.2, 0.25) is 23.6 Å². The average Bonchev–Trinajstić information content (AvgIpc) is 4.15. The first-order valence-electron chi connectivity index (χ1n) is 21.1. The van der Waals surface area contributed by atoms with Gasteiger partial charge in [-0.2, -0.15) is 5.11 Å². The van der Waals surface area contributed by atoms with Crippen molar-refractivity contribution in [3.63, 3.8) is 0 Å². The van der Waals surface area contributed by atoms with E-state index in [-0.39, 0.29) is 55.8 Å². The number of nitrogens with one attached hydrogen (secondary N) is 8. The molecular formula is C36H54N20O4. The minimum atomic E-state index is -1.03. The Morgan fingerprint density at radius 1 is 0.467 bits per heavy atom. The molecule has 0 radical (unpaired) electrons. The van der Waals surface area contributed by atoms with Gasteiger partial charge in [0.25, 0.3) is 0 Å². The van der Waals surface area contributed by atoms with Crippen LogP contribution >= 0.6 is 0 Å². The fourth-order valence-corrected chi connectivity index (χ4v) is 9.57. The van der Waals surface area contributed by atoms with Gasteiger partial charge < -0.3 is 42.5 Å². The van der Waals surface area contributed by atoms with Crippen LogP contribution < -0.4 is 42.5 Å². The molecule has 9 heterocycles. The molecule has 4 saturated heterocycles. The third kappa shape index (κ3) is 7.27. The number of carbonyl (C=O) groups excluding carboxylic acids is 4. The topological polar surface area (TPSA) is 285 Å². The van der Waals surface area contributed by atoms with Gasteiger partial charge in [-0.15, -0.1) is 15.3 Å². The molecule has 3 aromatic heterocycles. The van der Waals surface area contributed by atoms with Crippen LogP contribution in [0.4, 0.5) is 0 Å². The maximum absolute atomic E-state index is 14.2. The minimum absolute atomic E-state index is 0.0845. The first-order chi connectivity index (χ1) is 29.2. The number of hydrogen-bond donors (Lipinski definition) is 8. The van der Waals surface area contributed by atoms with Gasteiger partial charge in [0.1, 0.15) is 45.3 Å².